The normalized spacial score (nSPS) is 26.2. The fourth-order valence-electron chi connectivity index (χ4n) is 3.04. The molecule has 1 aliphatic carbocycles. The molecule has 1 saturated carbocycles. The van der Waals surface area contributed by atoms with Gasteiger partial charge >= 0.3 is 0 Å². The van der Waals surface area contributed by atoms with Crippen molar-refractivity contribution >= 4 is 0 Å². The Kier molecular flexibility index (Phi) is 4.74. The Labute approximate surface area is 119 Å². The lowest BCUT2D eigenvalue weighted by Gasteiger charge is -2.35. The van der Waals surface area contributed by atoms with Crippen molar-refractivity contribution in [3.05, 3.63) is 35.1 Å². The lowest BCUT2D eigenvalue weighted by Crippen LogP contribution is -2.43. The van der Waals surface area contributed by atoms with Gasteiger partial charge in [-0.25, -0.2) is 4.39 Å². The second kappa shape index (κ2) is 6.34. The Morgan fingerprint density at radius 2 is 2.35 bits per heavy atom. The van der Waals surface area contributed by atoms with Gasteiger partial charge in [-0.1, -0.05) is 19.8 Å². The molecule has 0 radical (unpaired) electrons. The van der Waals surface area contributed by atoms with Crippen molar-refractivity contribution in [2.75, 3.05) is 6.54 Å². The topological polar surface area (TPSA) is 56.0 Å². The molecular weight excluding hydrogens is 255 g/mol. The van der Waals surface area contributed by atoms with Crippen LogP contribution in [0.25, 0.3) is 0 Å². The van der Waals surface area contributed by atoms with Crippen LogP contribution in [0.15, 0.2) is 18.2 Å². The highest BCUT2D eigenvalue weighted by atomic mass is 19.1. The van der Waals surface area contributed by atoms with Crippen LogP contribution < -0.4 is 5.32 Å². The van der Waals surface area contributed by atoms with E-state index in [0.717, 1.165) is 19.3 Å². The fourth-order valence-corrected chi connectivity index (χ4v) is 3.04. The molecule has 0 aliphatic heterocycles. The van der Waals surface area contributed by atoms with Crippen molar-refractivity contribution in [1.82, 2.24) is 5.32 Å². The first-order chi connectivity index (χ1) is 9.52. The van der Waals surface area contributed by atoms with Gasteiger partial charge in [-0.3, -0.25) is 0 Å². The van der Waals surface area contributed by atoms with Gasteiger partial charge in [0.15, 0.2) is 0 Å². The van der Waals surface area contributed by atoms with E-state index < -0.39 is 5.60 Å². The Bertz CT molecular complexity index is 512. The first-order valence-corrected chi connectivity index (χ1v) is 7.14. The smallest absolute Gasteiger partial charge is 0.123 e. The van der Waals surface area contributed by atoms with Crippen molar-refractivity contribution in [1.29, 1.82) is 5.26 Å². The number of hydrogen-bond donors (Lipinski definition) is 2. The van der Waals surface area contributed by atoms with Gasteiger partial charge in [-0.05, 0) is 42.5 Å². The van der Waals surface area contributed by atoms with E-state index in [1.807, 2.05) is 0 Å². The molecule has 1 aromatic carbocycles. The zero-order chi connectivity index (χ0) is 14.6. The van der Waals surface area contributed by atoms with E-state index in [0.29, 0.717) is 30.1 Å². The zero-order valence-electron chi connectivity index (χ0n) is 11.8. The van der Waals surface area contributed by atoms with Gasteiger partial charge in [-0.15, -0.1) is 0 Å². The van der Waals surface area contributed by atoms with Crippen LogP contribution in [0.5, 0.6) is 0 Å². The Morgan fingerprint density at radius 3 is 3.05 bits per heavy atom. The molecule has 2 unspecified atom stereocenters. The summed E-state index contributed by atoms with van der Waals surface area (Å²) in [6.45, 7) is 3.04. The standard InChI is InChI=1S/C16H21FN2O/c1-12-3-2-6-16(20,8-12)11-19-10-14-7-15(17)5-4-13(14)9-18/h4-5,7,12,19-20H,2-3,6,8,10-11H2,1H3. The molecule has 2 rings (SSSR count). The number of halogens is 1. The molecule has 0 spiro atoms. The molecule has 0 bridgehead atoms. The number of rotatable bonds is 4. The highest BCUT2D eigenvalue weighted by molar-refractivity contribution is 5.37. The molecule has 108 valence electrons. The summed E-state index contributed by atoms with van der Waals surface area (Å²) in [6, 6.07) is 6.21. The molecule has 20 heavy (non-hydrogen) atoms. The third-order valence-corrected chi connectivity index (χ3v) is 4.02. The largest absolute Gasteiger partial charge is 0.389 e. The van der Waals surface area contributed by atoms with Crippen molar-refractivity contribution in [2.24, 2.45) is 5.92 Å². The van der Waals surface area contributed by atoms with Gasteiger partial charge in [0.25, 0.3) is 0 Å². The van der Waals surface area contributed by atoms with Crippen LogP contribution in [-0.4, -0.2) is 17.3 Å². The Balaban J connectivity index is 1.93. The highest BCUT2D eigenvalue weighted by Crippen LogP contribution is 2.31. The lowest BCUT2D eigenvalue weighted by molar-refractivity contribution is -0.0119. The van der Waals surface area contributed by atoms with E-state index in [1.165, 1.54) is 24.6 Å². The summed E-state index contributed by atoms with van der Waals surface area (Å²) < 4.78 is 13.2. The van der Waals surface area contributed by atoms with E-state index in [2.05, 4.69) is 18.3 Å². The molecular formula is C16H21FN2O. The van der Waals surface area contributed by atoms with E-state index >= 15 is 0 Å². The van der Waals surface area contributed by atoms with Crippen molar-refractivity contribution in [2.45, 2.75) is 44.8 Å². The van der Waals surface area contributed by atoms with Crippen molar-refractivity contribution in [3.8, 4) is 6.07 Å². The SMILES string of the molecule is CC1CCCC(O)(CNCc2cc(F)ccc2C#N)C1. The van der Waals surface area contributed by atoms with Crippen LogP contribution in [0.4, 0.5) is 4.39 Å². The monoisotopic (exact) mass is 276 g/mol. The summed E-state index contributed by atoms with van der Waals surface area (Å²) >= 11 is 0. The molecule has 2 N–H and O–H groups in total. The minimum Gasteiger partial charge on any atom is -0.389 e. The maximum absolute atomic E-state index is 13.2. The summed E-state index contributed by atoms with van der Waals surface area (Å²) in [6.07, 6.45) is 3.82. The van der Waals surface area contributed by atoms with Gasteiger partial charge < -0.3 is 10.4 Å². The second-order valence-electron chi connectivity index (χ2n) is 5.94. The third kappa shape index (κ3) is 3.78. The molecule has 0 aromatic heterocycles. The molecule has 2 atom stereocenters. The number of nitrogens with one attached hydrogen (secondary N) is 1. The maximum atomic E-state index is 13.2. The highest BCUT2D eigenvalue weighted by Gasteiger charge is 2.32. The summed E-state index contributed by atoms with van der Waals surface area (Å²) in [5, 5.41) is 22.7. The molecule has 0 heterocycles. The van der Waals surface area contributed by atoms with Crippen molar-refractivity contribution in [3.63, 3.8) is 0 Å². The van der Waals surface area contributed by atoms with Crippen molar-refractivity contribution < 1.29 is 9.50 Å². The van der Waals surface area contributed by atoms with E-state index in [-0.39, 0.29) is 5.82 Å². The lowest BCUT2D eigenvalue weighted by atomic mass is 9.79. The minimum atomic E-state index is -0.669. The molecule has 1 aliphatic rings. The van der Waals surface area contributed by atoms with Crippen LogP contribution in [0, 0.1) is 23.1 Å². The average Bonchev–Trinajstić information content (AvgIpc) is 2.38. The van der Waals surface area contributed by atoms with E-state index in [4.69, 9.17) is 5.26 Å². The van der Waals surface area contributed by atoms with Gasteiger partial charge in [-0.2, -0.15) is 5.26 Å². The average molecular weight is 276 g/mol. The minimum absolute atomic E-state index is 0.342. The first-order valence-electron chi connectivity index (χ1n) is 7.14. The fraction of sp³-hybridized carbons (Fsp3) is 0.562. The molecule has 0 amide bonds. The van der Waals surface area contributed by atoms with Crippen LogP contribution >= 0.6 is 0 Å². The number of benzene rings is 1. The summed E-state index contributed by atoms with van der Waals surface area (Å²) in [5.74, 6) is 0.199. The molecule has 3 nitrogen and oxygen atoms in total. The second-order valence-corrected chi connectivity index (χ2v) is 5.94. The summed E-state index contributed by atoms with van der Waals surface area (Å²) in [5.41, 5.74) is 0.445. The zero-order valence-corrected chi connectivity index (χ0v) is 11.8. The summed E-state index contributed by atoms with van der Waals surface area (Å²) in [4.78, 5) is 0. The van der Waals surface area contributed by atoms with Crippen LogP contribution in [0.3, 0.4) is 0 Å². The molecule has 0 saturated heterocycles. The quantitative estimate of drug-likeness (QED) is 0.889. The molecule has 4 heteroatoms. The Hall–Kier alpha value is -1.44. The first kappa shape index (κ1) is 15.0. The number of nitriles is 1. The predicted octanol–water partition coefficient (Wildman–Crippen LogP) is 2.73. The third-order valence-electron chi connectivity index (χ3n) is 4.02. The molecule has 1 fully saturated rings. The van der Waals surface area contributed by atoms with E-state index in [9.17, 15) is 9.50 Å². The van der Waals surface area contributed by atoms with E-state index in [1.54, 1.807) is 0 Å². The van der Waals surface area contributed by atoms with Crippen LogP contribution in [0.1, 0.15) is 43.7 Å². The van der Waals surface area contributed by atoms with Crippen LogP contribution in [0.2, 0.25) is 0 Å². The predicted molar refractivity (Wildman–Crippen MR) is 75.4 cm³/mol. The number of aliphatic hydroxyl groups is 1. The number of hydrogen-bond acceptors (Lipinski definition) is 3. The van der Waals surface area contributed by atoms with Gasteiger partial charge in [0, 0.05) is 13.1 Å². The number of nitrogens with zero attached hydrogens (tertiary/aromatic N) is 1. The van der Waals surface area contributed by atoms with Crippen LogP contribution in [-0.2, 0) is 6.54 Å². The van der Waals surface area contributed by atoms with Gasteiger partial charge in [0.1, 0.15) is 5.82 Å². The summed E-state index contributed by atoms with van der Waals surface area (Å²) in [7, 11) is 0. The Morgan fingerprint density at radius 1 is 1.55 bits per heavy atom. The van der Waals surface area contributed by atoms with Gasteiger partial charge in [0.05, 0.1) is 17.2 Å². The van der Waals surface area contributed by atoms with Gasteiger partial charge in [0.2, 0.25) is 0 Å². The molecule has 1 aromatic rings. The maximum Gasteiger partial charge on any atom is 0.123 e.